The Morgan fingerprint density at radius 2 is 2.39 bits per heavy atom. The third kappa shape index (κ3) is 3.81. The number of aryl methyl sites for hydroxylation is 2. The van der Waals surface area contributed by atoms with Crippen LogP contribution in [0.1, 0.15) is 49.8 Å². The first-order chi connectivity index (χ1) is 11.1. The monoisotopic (exact) mass is 315 g/mol. The summed E-state index contributed by atoms with van der Waals surface area (Å²) < 4.78 is 2.02. The zero-order chi connectivity index (χ0) is 16.2. The first-order valence-corrected chi connectivity index (χ1v) is 8.44. The summed E-state index contributed by atoms with van der Waals surface area (Å²) in [5, 5.41) is 3.07. The number of fused-ring (bicyclic) bond motifs is 1. The van der Waals surface area contributed by atoms with Crippen molar-refractivity contribution in [2.45, 2.75) is 52.0 Å². The third-order valence-electron chi connectivity index (χ3n) is 4.43. The van der Waals surface area contributed by atoms with E-state index in [-0.39, 0.29) is 11.8 Å². The second-order valence-corrected chi connectivity index (χ2v) is 6.59. The van der Waals surface area contributed by atoms with Gasteiger partial charge in [-0.15, -0.1) is 0 Å². The minimum atomic E-state index is 0.0659. The topological polar surface area (TPSA) is 75.6 Å². The molecule has 0 spiro atoms. The summed E-state index contributed by atoms with van der Waals surface area (Å²) in [7, 11) is 0. The quantitative estimate of drug-likeness (QED) is 0.801. The van der Waals surface area contributed by atoms with Crippen molar-refractivity contribution >= 4 is 5.91 Å². The minimum absolute atomic E-state index is 0.0659. The maximum atomic E-state index is 12.3. The molecule has 0 aliphatic heterocycles. The predicted octanol–water partition coefficient (Wildman–Crippen LogP) is 2.04. The molecule has 6 heteroatoms. The number of aromatic amines is 1. The summed E-state index contributed by atoms with van der Waals surface area (Å²) in [5.41, 5.74) is 2.30. The van der Waals surface area contributed by atoms with E-state index >= 15 is 0 Å². The van der Waals surface area contributed by atoms with Gasteiger partial charge >= 0.3 is 0 Å². The molecule has 2 N–H and O–H groups in total. The largest absolute Gasteiger partial charge is 0.356 e. The van der Waals surface area contributed by atoms with Gasteiger partial charge in [0, 0.05) is 49.4 Å². The molecule has 124 valence electrons. The van der Waals surface area contributed by atoms with Crippen LogP contribution in [0.25, 0.3) is 0 Å². The van der Waals surface area contributed by atoms with Gasteiger partial charge in [0.05, 0.1) is 12.0 Å². The summed E-state index contributed by atoms with van der Waals surface area (Å²) in [4.78, 5) is 24.4. The van der Waals surface area contributed by atoms with Crippen LogP contribution in [0.3, 0.4) is 0 Å². The number of hydrogen-bond donors (Lipinski definition) is 2. The van der Waals surface area contributed by atoms with Gasteiger partial charge in [0.15, 0.2) is 0 Å². The van der Waals surface area contributed by atoms with Gasteiger partial charge in [0.1, 0.15) is 5.82 Å². The van der Waals surface area contributed by atoms with Crippen LogP contribution in [0.2, 0.25) is 0 Å². The summed E-state index contributed by atoms with van der Waals surface area (Å²) in [6.45, 7) is 5.86. The van der Waals surface area contributed by atoms with Crippen LogP contribution in [-0.2, 0) is 24.2 Å². The van der Waals surface area contributed by atoms with E-state index in [1.165, 1.54) is 0 Å². The lowest BCUT2D eigenvalue weighted by Gasteiger charge is -2.20. The highest BCUT2D eigenvalue weighted by molar-refractivity contribution is 5.79. The van der Waals surface area contributed by atoms with Crippen molar-refractivity contribution in [3.05, 3.63) is 35.9 Å². The van der Waals surface area contributed by atoms with Crippen molar-refractivity contribution in [2.75, 3.05) is 6.54 Å². The summed E-state index contributed by atoms with van der Waals surface area (Å²) >= 11 is 0. The van der Waals surface area contributed by atoms with Gasteiger partial charge in [-0.1, -0.05) is 13.8 Å². The highest BCUT2D eigenvalue weighted by Gasteiger charge is 2.27. The van der Waals surface area contributed by atoms with Crippen molar-refractivity contribution < 1.29 is 4.79 Å². The number of rotatable bonds is 6. The van der Waals surface area contributed by atoms with Crippen molar-refractivity contribution in [1.29, 1.82) is 0 Å². The number of nitrogens with zero attached hydrogens (tertiary/aromatic N) is 3. The van der Waals surface area contributed by atoms with E-state index < -0.39 is 0 Å². The van der Waals surface area contributed by atoms with Gasteiger partial charge < -0.3 is 14.9 Å². The van der Waals surface area contributed by atoms with Crippen molar-refractivity contribution in [2.24, 2.45) is 5.92 Å². The van der Waals surface area contributed by atoms with Crippen LogP contribution in [0.15, 0.2) is 18.7 Å². The fraction of sp³-hybridized carbons (Fsp3) is 0.588. The number of imidazole rings is 2. The van der Waals surface area contributed by atoms with E-state index in [2.05, 4.69) is 34.1 Å². The van der Waals surface area contributed by atoms with Crippen LogP contribution in [-0.4, -0.2) is 32.0 Å². The van der Waals surface area contributed by atoms with Crippen LogP contribution >= 0.6 is 0 Å². The molecule has 2 heterocycles. The zero-order valence-electron chi connectivity index (χ0n) is 13.9. The molecule has 6 nitrogen and oxygen atoms in total. The minimum Gasteiger partial charge on any atom is -0.356 e. The average Bonchev–Trinajstić information content (AvgIpc) is 3.19. The molecule has 2 aromatic heterocycles. The second-order valence-electron chi connectivity index (χ2n) is 6.59. The lowest BCUT2D eigenvalue weighted by Crippen LogP contribution is -2.35. The Hall–Kier alpha value is -2.11. The number of nitrogens with one attached hydrogen (secondary N) is 2. The second kappa shape index (κ2) is 6.98. The highest BCUT2D eigenvalue weighted by Crippen LogP contribution is 2.25. The number of aromatic nitrogens is 4. The molecule has 0 saturated heterocycles. The summed E-state index contributed by atoms with van der Waals surface area (Å²) in [6.07, 6.45) is 9.00. The molecule has 2 aromatic rings. The number of amides is 1. The molecule has 0 saturated carbocycles. The van der Waals surface area contributed by atoms with Crippen LogP contribution in [0, 0.1) is 5.92 Å². The lowest BCUT2D eigenvalue weighted by molar-refractivity contribution is -0.125. The number of carbonyl (C=O) groups excluding carboxylic acids is 1. The Bertz CT molecular complexity index is 644. The maximum Gasteiger partial charge on any atom is 0.223 e. The first kappa shape index (κ1) is 15.8. The molecule has 0 fully saturated rings. The van der Waals surface area contributed by atoms with Crippen molar-refractivity contribution in [3.8, 4) is 0 Å². The smallest absolute Gasteiger partial charge is 0.223 e. The molecule has 1 aliphatic rings. The molecule has 0 aromatic carbocycles. The van der Waals surface area contributed by atoms with Gasteiger partial charge in [-0.3, -0.25) is 4.79 Å². The number of hydrogen-bond acceptors (Lipinski definition) is 3. The maximum absolute atomic E-state index is 12.3. The highest BCUT2D eigenvalue weighted by atomic mass is 16.1. The molecule has 1 aliphatic carbocycles. The van der Waals surface area contributed by atoms with E-state index in [4.69, 9.17) is 0 Å². The van der Waals surface area contributed by atoms with Gasteiger partial charge in [-0.2, -0.15) is 0 Å². The molecule has 1 amide bonds. The summed E-state index contributed by atoms with van der Waals surface area (Å²) in [6, 6.07) is 0. The first-order valence-electron chi connectivity index (χ1n) is 8.44. The zero-order valence-corrected chi connectivity index (χ0v) is 13.9. The molecule has 3 rings (SSSR count). The van der Waals surface area contributed by atoms with Gasteiger partial charge in [-0.25, -0.2) is 9.97 Å². The number of carbonyl (C=O) groups is 1. The molecule has 23 heavy (non-hydrogen) atoms. The summed E-state index contributed by atoms with van der Waals surface area (Å²) in [5.74, 6) is 1.67. The molecular weight excluding hydrogens is 290 g/mol. The Kier molecular flexibility index (Phi) is 4.79. The van der Waals surface area contributed by atoms with Crippen LogP contribution in [0.4, 0.5) is 0 Å². The van der Waals surface area contributed by atoms with E-state index in [0.717, 1.165) is 49.4 Å². The Labute approximate surface area is 136 Å². The number of H-pyrrole nitrogens is 1. The van der Waals surface area contributed by atoms with E-state index in [0.29, 0.717) is 12.5 Å². The van der Waals surface area contributed by atoms with Crippen LogP contribution in [0.5, 0.6) is 0 Å². The van der Waals surface area contributed by atoms with Gasteiger partial charge in [0.25, 0.3) is 0 Å². The molecule has 0 radical (unpaired) electrons. The third-order valence-corrected chi connectivity index (χ3v) is 4.43. The van der Waals surface area contributed by atoms with Crippen molar-refractivity contribution in [1.82, 2.24) is 24.8 Å². The average molecular weight is 315 g/mol. The van der Waals surface area contributed by atoms with E-state index in [9.17, 15) is 4.79 Å². The molecule has 1 atom stereocenters. The Morgan fingerprint density at radius 3 is 3.13 bits per heavy atom. The normalized spacial score (nSPS) is 17.3. The SMILES string of the molecule is CC(C)c1nc2c([nH]1)CC(C(=O)NCCCn1ccnc1)CC2. The van der Waals surface area contributed by atoms with Gasteiger partial charge in [-0.05, 0) is 19.3 Å². The van der Waals surface area contributed by atoms with Crippen molar-refractivity contribution in [3.63, 3.8) is 0 Å². The fourth-order valence-electron chi connectivity index (χ4n) is 3.04. The fourth-order valence-corrected chi connectivity index (χ4v) is 3.04. The molecule has 1 unspecified atom stereocenters. The Balaban J connectivity index is 1.46. The standard InChI is InChI=1S/C17H25N5O/c1-12(2)16-20-14-5-4-13(10-15(14)21-16)17(23)19-6-3-8-22-9-7-18-11-22/h7,9,11-13H,3-6,8,10H2,1-2H3,(H,19,23)(H,20,21). The van der Waals surface area contributed by atoms with Gasteiger partial charge in [0.2, 0.25) is 5.91 Å². The Morgan fingerprint density at radius 1 is 1.52 bits per heavy atom. The lowest BCUT2D eigenvalue weighted by atomic mass is 9.89. The van der Waals surface area contributed by atoms with Crippen LogP contribution < -0.4 is 5.32 Å². The van der Waals surface area contributed by atoms with E-state index in [1.54, 1.807) is 12.5 Å². The molecular formula is C17H25N5O. The predicted molar refractivity (Wildman–Crippen MR) is 88.0 cm³/mol. The van der Waals surface area contributed by atoms with E-state index in [1.807, 2.05) is 10.8 Å². The molecule has 0 bridgehead atoms.